The minimum atomic E-state index is -4.60. The molecule has 0 spiro atoms. The quantitative estimate of drug-likeness (QED) is 0.850. The first kappa shape index (κ1) is 17.0. The zero-order chi connectivity index (χ0) is 15.3. The summed E-state index contributed by atoms with van der Waals surface area (Å²) >= 11 is 0. The highest BCUT2D eigenvalue weighted by Gasteiger charge is 2.39. The Labute approximate surface area is 116 Å². The van der Waals surface area contributed by atoms with E-state index in [1.807, 2.05) is 13.8 Å². The number of amides is 1. The number of nitrogens with zero attached hydrogens (tertiary/aromatic N) is 2. The van der Waals surface area contributed by atoms with Crippen molar-refractivity contribution in [3.63, 3.8) is 0 Å². The van der Waals surface area contributed by atoms with Crippen LogP contribution in [0.25, 0.3) is 0 Å². The normalized spacial score (nSPS) is 19.2. The van der Waals surface area contributed by atoms with Crippen LogP contribution in [0.5, 0.6) is 0 Å². The number of hydrogen-bond acceptors (Lipinski definition) is 4. The topological polar surface area (TPSA) is 53.0 Å². The number of hydrogen-bond donors (Lipinski definition) is 1. The molecule has 1 unspecified atom stereocenters. The second-order valence-electron chi connectivity index (χ2n) is 5.32. The van der Waals surface area contributed by atoms with Gasteiger partial charge in [-0.3, -0.25) is 4.90 Å². The van der Waals surface area contributed by atoms with Crippen molar-refractivity contribution >= 4 is 6.09 Å². The number of aliphatic hydroxyl groups is 1. The van der Waals surface area contributed by atoms with Gasteiger partial charge in [-0.05, 0) is 5.92 Å². The standard InChI is InChI=1S/C12H21F3N2O3/c1-9(2)8-20-11(19)17-5-3-16(4-6-17)7-10(18)12(13,14)15/h9-10,18H,3-8H2,1-2H3. The minimum Gasteiger partial charge on any atom is -0.449 e. The maximum Gasteiger partial charge on any atom is 0.415 e. The molecule has 0 radical (unpaired) electrons. The second kappa shape index (κ2) is 7.12. The number of piperazine rings is 1. The first-order valence-corrected chi connectivity index (χ1v) is 6.59. The third-order valence-electron chi connectivity index (χ3n) is 2.98. The Morgan fingerprint density at radius 1 is 1.25 bits per heavy atom. The largest absolute Gasteiger partial charge is 0.449 e. The molecule has 0 aromatic rings. The van der Waals surface area contributed by atoms with Gasteiger partial charge in [0.05, 0.1) is 6.61 Å². The first-order chi connectivity index (χ1) is 9.20. The van der Waals surface area contributed by atoms with Gasteiger partial charge in [-0.25, -0.2) is 4.79 Å². The Morgan fingerprint density at radius 3 is 2.25 bits per heavy atom. The van der Waals surface area contributed by atoms with Crippen LogP contribution >= 0.6 is 0 Å². The predicted octanol–water partition coefficient (Wildman–Crippen LogP) is 1.32. The molecule has 1 atom stereocenters. The van der Waals surface area contributed by atoms with Gasteiger partial charge in [-0.2, -0.15) is 13.2 Å². The van der Waals surface area contributed by atoms with Gasteiger partial charge in [0.2, 0.25) is 0 Å². The fourth-order valence-corrected chi connectivity index (χ4v) is 1.79. The van der Waals surface area contributed by atoms with Crippen LogP contribution in [0.15, 0.2) is 0 Å². The minimum absolute atomic E-state index is 0.238. The molecule has 8 heteroatoms. The van der Waals surface area contributed by atoms with Crippen molar-refractivity contribution in [3.05, 3.63) is 0 Å². The molecule has 1 heterocycles. The molecule has 0 bridgehead atoms. The molecular weight excluding hydrogens is 277 g/mol. The van der Waals surface area contributed by atoms with Crippen LogP contribution in [-0.4, -0.2) is 72.6 Å². The molecule has 118 valence electrons. The van der Waals surface area contributed by atoms with Crippen molar-refractivity contribution in [3.8, 4) is 0 Å². The Morgan fingerprint density at radius 2 is 1.80 bits per heavy atom. The third-order valence-corrected chi connectivity index (χ3v) is 2.98. The molecule has 1 N–H and O–H groups in total. The van der Waals surface area contributed by atoms with E-state index in [9.17, 15) is 18.0 Å². The molecule has 1 fully saturated rings. The second-order valence-corrected chi connectivity index (χ2v) is 5.32. The lowest BCUT2D eigenvalue weighted by molar-refractivity contribution is -0.208. The lowest BCUT2D eigenvalue weighted by Crippen LogP contribution is -2.52. The van der Waals surface area contributed by atoms with E-state index in [-0.39, 0.29) is 5.92 Å². The lowest BCUT2D eigenvalue weighted by Gasteiger charge is -2.35. The molecule has 1 aliphatic rings. The highest BCUT2D eigenvalue weighted by molar-refractivity contribution is 5.67. The maximum absolute atomic E-state index is 12.2. The SMILES string of the molecule is CC(C)COC(=O)N1CCN(CC(O)C(F)(F)F)CC1. The average Bonchev–Trinajstić information content (AvgIpc) is 2.35. The van der Waals surface area contributed by atoms with Crippen LogP contribution in [-0.2, 0) is 4.74 Å². The van der Waals surface area contributed by atoms with Crippen molar-refractivity contribution in [2.45, 2.75) is 26.1 Å². The predicted molar refractivity (Wildman–Crippen MR) is 66.3 cm³/mol. The van der Waals surface area contributed by atoms with Gasteiger partial charge >= 0.3 is 12.3 Å². The summed E-state index contributed by atoms with van der Waals surface area (Å²) in [6.07, 6.45) is -7.38. The molecule has 1 amide bonds. The van der Waals surface area contributed by atoms with Crippen LogP contribution in [0, 0.1) is 5.92 Å². The Hall–Kier alpha value is -1.02. The van der Waals surface area contributed by atoms with Crippen molar-refractivity contribution in [1.82, 2.24) is 9.80 Å². The van der Waals surface area contributed by atoms with Crippen molar-refractivity contribution in [2.24, 2.45) is 5.92 Å². The monoisotopic (exact) mass is 298 g/mol. The maximum atomic E-state index is 12.2. The summed E-state index contributed by atoms with van der Waals surface area (Å²) in [4.78, 5) is 14.6. The summed E-state index contributed by atoms with van der Waals surface area (Å²) in [6.45, 7) is 4.91. The first-order valence-electron chi connectivity index (χ1n) is 6.59. The molecule has 1 saturated heterocycles. The number of rotatable bonds is 4. The highest BCUT2D eigenvalue weighted by Crippen LogP contribution is 2.21. The number of aliphatic hydroxyl groups excluding tert-OH is 1. The van der Waals surface area contributed by atoms with E-state index >= 15 is 0 Å². The fraction of sp³-hybridized carbons (Fsp3) is 0.917. The molecular formula is C12H21F3N2O3. The highest BCUT2D eigenvalue weighted by atomic mass is 19.4. The molecule has 0 aliphatic carbocycles. The van der Waals surface area contributed by atoms with Crippen LogP contribution in [0.4, 0.5) is 18.0 Å². The lowest BCUT2D eigenvalue weighted by atomic mass is 10.2. The van der Waals surface area contributed by atoms with Gasteiger partial charge in [-0.1, -0.05) is 13.8 Å². The van der Waals surface area contributed by atoms with Crippen molar-refractivity contribution in [2.75, 3.05) is 39.3 Å². The third kappa shape index (κ3) is 5.54. The van der Waals surface area contributed by atoms with Gasteiger partial charge in [0.25, 0.3) is 0 Å². The molecule has 0 aromatic carbocycles. The number of halogens is 3. The average molecular weight is 298 g/mol. The Kier molecular flexibility index (Phi) is 6.07. The molecule has 1 rings (SSSR count). The summed E-state index contributed by atoms with van der Waals surface area (Å²) in [6, 6.07) is 0. The van der Waals surface area contributed by atoms with E-state index in [0.29, 0.717) is 32.8 Å². The van der Waals surface area contributed by atoms with Gasteiger partial charge in [0.1, 0.15) is 0 Å². The van der Waals surface area contributed by atoms with E-state index in [4.69, 9.17) is 9.84 Å². The molecule has 5 nitrogen and oxygen atoms in total. The van der Waals surface area contributed by atoms with Crippen LogP contribution in [0.2, 0.25) is 0 Å². The van der Waals surface area contributed by atoms with Gasteiger partial charge in [0.15, 0.2) is 6.10 Å². The van der Waals surface area contributed by atoms with E-state index in [1.165, 1.54) is 9.80 Å². The number of alkyl halides is 3. The van der Waals surface area contributed by atoms with E-state index in [2.05, 4.69) is 0 Å². The smallest absolute Gasteiger partial charge is 0.415 e. The zero-order valence-electron chi connectivity index (χ0n) is 11.7. The zero-order valence-corrected chi connectivity index (χ0v) is 11.7. The number of ether oxygens (including phenoxy) is 1. The summed E-state index contributed by atoms with van der Waals surface area (Å²) in [5, 5.41) is 8.99. The van der Waals surface area contributed by atoms with Gasteiger partial charge in [-0.15, -0.1) is 0 Å². The van der Waals surface area contributed by atoms with Crippen molar-refractivity contribution in [1.29, 1.82) is 0 Å². The summed E-state index contributed by atoms with van der Waals surface area (Å²) < 4.78 is 41.7. The van der Waals surface area contributed by atoms with Gasteiger partial charge < -0.3 is 14.7 Å². The van der Waals surface area contributed by atoms with Crippen molar-refractivity contribution < 1.29 is 27.8 Å². The van der Waals surface area contributed by atoms with Crippen LogP contribution in [0.3, 0.4) is 0 Å². The summed E-state index contributed by atoms with van der Waals surface area (Å²) in [5.41, 5.74) is 0. The Balaban J connectivity index is 2.31. The molecule has 0 aromatic heterocycles. The van der Waals surface area contributed by atoms with Crippen LogP contribution in [0.1, 0.15) is 13.8 Å². The Bertz CT molecular complexity index is 316. The van der Waals surface area contributed by atoms with E-state index in [1.54, 1.807) is 0 Å². The summed E-state index contributed by atoms with van der Waals surface area (Å²) in [5.74, 6) is 0.238. The molecule has 0 saturated carbocycles. The van der Waals surface area contributed by atoms with E-state index in [0.717, 1.165) is 0 Å². The number of carbonyl (C=O) groups excluding carboxylic acids is 1. The summed E-state index contributed by atoms with van der Waals surface area (Å²) in [7, 11) is 0. The molecule has 20 heavy (non-hydrogen) atoms. The fourth-order valence-electron chi connectivity index (χ4n) is 1.79. The number of carbonyl (C=O) groups is 1. The number of β-amino-alcohol motifs (C(OH)–C–C–N with tert-alkyl or cyclic N) is 1. The van der Waals surface area contributed by atoms with Gasteiger partial charge in [0, 0.05) is 32.7 Å². The molecule has 1 aliphatic heterocycles. The van der Waals surface area contributed by atoms with E-state index < -0.39 is 24.9 Å². The van der Waals surface area contributed by atoms with Crippen LogP contribution < -0.4 is 0 Å².